The van der Waals surface area contributed by atoms with Crippen molar-refractivity contribution < 1.29 is 4.92 Å². The number of nitro groups is 1. The Kier molecular flexibility index (Phi) is 4.13. The first kappa shape index (κ1) is 13.5. The van der Waals surface area contributed by atoms with Crippen molar-refractivity contribution in [2.45, 2.75) is 39.2 Å². The first-order valence-corrected chi connectivity index (χ1v) is 6.61. The Hall–Kier alpha value is -1.92. The fourth-order valence-electron chi connectivity index (χ4n) is 2.24. The van der Waals surface area contributed by atoms with Gasteiger partial charge >= 0.3 is 5.69 Å². The Labute approximate surface area is 112 Å². The molecule has 0 aliphatic heterocycles. The smallest absolute Gasteiger partial charge is 0.353 e. The van der Waals surface area contributed by atoms with Gasteiger partial charge in [-0.2, -0.15) is 0 Å². The third-order valence-electron chi connectivity index (χ3n) is 3.26. The quantitative estimate of drug-likeness (QED) is 0.606. The molecule has 1 aliphatic rings. The minimum atomic E-state index is -0.428. The fraction of sp³-hybridized carbons (Fsp3) is 0.667. The molecule has 1 saturated carbocycles. The normalized spacial score (nSPS) is 21.6. The molecule has 1 aliphatic carbocycles. The molecule has 0 unspecified atom stereocenters. The molecule has 0 radical (unpaired) electrons. The van der Waals surface area contributed by atoms with Crippen LogP contribution in [0.4, 0.5) is 17.3 Å². The van der Waals surface area contributed by atoms with Crippen LogP contribution in [0, 0.1) is 16.0 Å². The van der Waals surface area contributed by atoms with E-state index in [2.05, 4.69) is 27.5 Å². The molecule has 104 valence electrons. The maximum absolute atomic E-state index is 11.2. The highest BCUT2D eigenvalue weighted by Gasteiger charge is 2.29. The molecular formula is C12H19N5O2. The van der Waals surface area contributed by atoms with Crippen LogP contribution in [0.1, 0.15) is 33.1 Å². The topological polar surface area (TPSA) is 93.0 Å². The summed E-state index contributed by atoms with van der Waals surface area (Å²) in [6.07, 6.45) is 4.29. The molecule has 0 saturated heterocycles. The molecule has 7 nitrogen and oxygen atoms in total. The Morgan fingerprint density at radius 1 is 1.42 bits per heavy atom. The summed E-state index contributed by atoms with van der Waals surface area (Å²) in [5, 5.41) is 17.3. The number of hydrogen-bond donors (Lipinski definition) is 2. The van der Waals surface area contributed by atoms with Crippen molar-refractivity contribution in [3.05, 3.63) is 16.4 Å². The second-order valence-corrected chi connectivity index (χ2v) is 5.02. The summed E-state index contributed by atoms with van der Waals surface area (Å²) in [5.74, 6) is 1.28. The standard InChI is InChI=1S/C12H19N5O2/c1-3-4-13-11-10(17(18)19)12(15-7-14-11)16-9-5-8(2)6-9/h7-9H,3-6H2,1-2H3,(H2,13,14,15,16). The van der Waals surface area contributed by atoms with Crippen molar-refractivity contribution in [3.8, 4) is 0 Å². The highest BCUT2D eigenvalue weighted by Crippen LogP contribution is 2.34. The summed E-state index contributed by atoms with van der Waals surface area (Å²) in [6.45, 7) is 4.81. The van der Waals surface area contributed by atoms with Gasteiger partial charge in [-0.1, -0.05) is 13.8 Å². The van der Waals surface area contributed by atoms with Crippen LogP contribution < -0.4 is 10.6 Å². The van der Waals surface area contributed by atoms with E-state index in [0.717, 1.165) is 19.3 Å². The number of nitrogens with one attached hydrogen (secondary N) is 2. The summed E-state index contributed by atoms with van der Waals surface area (Å²) < 4.78 is 0. The largest absolute Gasteiger partial charge is 0.364 e. The van der Waals surface area contributed by atoms with Gasteiger partial charge in [-0.3, -0.25) is 10.1 Å². The van der Waals surface area contributed by atoms with Gasteiger partial charge in [0.25, 0.3) is 0 Å². The molecule has 1 aromatic heterocycles. The maximum atomic E-state index is 11.2. The molecule has 2 rings (SSSR count). The molecule has 1 fully saturated rings. The van der Waals surface area contributed by atoms with E-state index in [4.69, 9.17) is 0 Å². The summed E-state index contributed by atoms with van der Waals surface area (Å²) in [6, 6.07) is 0.280. The van der Waals surface area contributed by atoms with Crippen molar-refractivity contribution in [2.24, 2.45) is 5.92 Å². The third-order valence-corrected chi connectivity index (χ3v) is 3.26. The summed E-state index contributed by atoms with van der Waals surface area (Å²) in [5.41, 5.74) is -0.0597. The van der Waals surface area contributed by atoms with E-state index in [9.17, 15) is 10.1 Å². The Bertz CT molecular complexity index is 459. The summed E-state index contributed by atoms with van der Waals surface area (Å²) in [4.78, 5) is 18.7. The fourth-order valence-corrected chi connectivity index (χ4v) is 2.24. The minimum absolute atomic E-state index is 0.0597. The number of rotatable bonds is 6. The minimum Gasteiger partial charge on any atom is -0.364 e. The van der Waals surface area contributed by atoms with E-state index in [0.29, 0.717) is 18.3 Å². The van der Waals surface area contributed by atoms with E-state index in [1.807, 2.05) is 6.92 Å². The van der Waals surface area contributed by atoms with Crippen LogP contribution in [0.15, 0.2) is 6.33 Å². The first-order valence-electron chi connectivity index (χ1n) is 6.61. The molecule has 1 aromatic rings. The van der Waals surface area contributed by atoms with E-state index in [-0.39, 0.29) is 17.5 Å². The van der Waals surface area contributed by atoms with Gasteiger partial charge in [0.05, 0.1) is 4.92 Å². The molecule has 0 amide bonds. The van der Waals surface area contributed by atoms with E-state index in [1.54, 1.807) is 0 Å². The molecule has 7 heteroatoms. The van der Waals surface area contributed by atoms with Crippen LogP contribution in [0.25, 0.3) is 0 Å². The number of anilines is 2. The second-order valence-electron chi connectivity index (χ2n) is 5.02. The highest BCUT2D eigenvalue weighted by atomic mass is 16.6. The van der Waals surface area contributed by atoms with Gasteiger partial charge < -0.3 is 10.6 Å². The second kappa shape index (κ2) is 5.81. The molecule has 0 aromatic carbocycles. The van der Waals surface area contributed by atoms with Gasteiger partial charge in [-0.25, -0.2) is 9.97 Å². The lowest BCUT2D eigenvalue weighted by Gasteiger charge is -2.33. The van der Waals surface area contributed by atoms with E-state index >= 15 is 0 Å². The SMILES string of the molecule is CCCNc1ncnc(NC2CC(C)C2)c1[N+](=O)[O-]. The lowest BCUT2D eigenvalue weighted by atomic mass is 9.82. The first-order chi connectivity index (χ1) is 9.11. The molecule has 1 heterocycles. The summed E-state index contributed by atoms with van der Waals surface area (Å²) in [7, 11) is 0. The third kappa shape index (κ3) is 3.10. The Morgan fingerprint density at radius 3 is 2.68 bits per heavy atom. The van der Waals surface area contributed by atoms with Crippen LogP contribution in [-0.2, 0) is 0 Å². The van der Waals surface area contributed by atoms with Gasteiger partial charge in [0, 0.05) is 12.6 Å². The van der Waals surface area contributed by atoms with Crippen LogP contribution >= 0.6 is 0 Å². The predicted octanol–water partition coefficient (Wildman–Crippen LogP) is 2.42. The Morgan fingerprint density at radius 2 is 2.11 bits per heavy atom. The number of hydrogen-bond acceptors (Lipinski definition) is 6. The molecule has 19 heavy (non-hydrogen) atoms. The van der Waals surface area contributed by atoms with Crippen LogP contribution in [-0.4, -0.2) is 27.5 Å². The van der Waals surface area contributed by atoms with Crippen molar-refractivity contribution in [1.29, 1.82) is 0 Å². The van der Waals surface area contributed by atoms with E-state index in [1.165, 1.54) is 6.33 Å². The average Bonchev–Trinajstić information content (AvgIpc) is 2.34. The molecule has 2 N–H and O–H groups in total. The molecule has 0 spiro atoms. The van der Waals surface area contributed by atoms with Gasteiger partial charge in [-0.05, 0) is 25.2 Å². The Balaban J connectivity index is 2.18. The summed E-state index contributed by atoms with van der Waals surface area (Å²) >= 11 is 0. The number of aromatic nitrogens is 2. The zero-order valence-corrected chi connectivity index (χ0v) is 11.2. The van der Waals surface area contributed by atoms with E-state index < -0.39 is 4.92 Å². The van der Waals surface area contributed by atoms with Crippen molar-refractivity contribution >= 4 is 17.3 Å². The average molecular weight is 265 g/mol. The van der Waals surface area contributed by atoms with Gasteiger partial charge in [0.1, 0.15) is 6.33 Å². The zero-order chi connectivity index (χ0) is 13.8. The van der Waals surface area contributed by atoms with Crippen LogP contribution in [0.2, 0.25) is 0 Å². The lowest BCUT2D eigenvalue weighted by Crippen LogP contribution is -2.34. The molecular weight excluding hydrogens is 246 g/mol. The maximum Gasteiger partial charge on any atom is 0.353 e. The highest BCUT2D eigenvalue weighted by molar-refractivity contribution is 5.69. The molecule has 0 atom stereocenters. The zero-order valence-electron chi connectivity index (χ0n) is 11.2. The van der Waals surface area contributed by atoms with Gasteiger partial charge in [0.15, 0.2) is 0 Å². The predicted molar refractivity (Wildman–Crippen MR) is 73.3 cm³/mol. The van der Waals surface area contributed by atoms with Crippen LogP contribution in [0.5, 0.6) is 0 Å². The monoisotopic (exact) mass is 265 g/mol. The lowest BCUT2D eigenvalue weighted by molar-refractivity contribution is -0.383. The number of nitrogens with zero attached hydrogens (tertiary/aromatic N) is 3. The van der Waals surface area contributed by atoms with Crippen molar-refractivity contribution in [3.63, 3.8) is 0 Å². The van der Waals surface area contributed by atoms with Gasteiger partial charge in [-0.15, -0.1) is 0 Å². The molecule has 0 bridgehead atoms. The van der Waals surface area contributed by atoms with Crippen molar-refractivity contribution in [1.82, 2.24) is 9.97 Å². The van der Waals surface area contributed by atoms with Crippen LogP contribution in [0.3, 0.4) is 0 Å². The van der Waals surface area contributed by atoms with Crippen molar-refractivity contribution in [2.75, 3.05) is 17.2 Å². The van der Waals surface area contributed by atoms with Gasteiger partial charge in [0.2, 0.25) is 11.6 Å².